The third-order valence-corrected chi connectivity index (χ3v) is 3.99. The molecule has 0 bridgehead atoms. The van der Waals surface area contributed by atoms with Gasteiger partial charge in [0.2, 0.25) is 0 Å². The lowest BCUT2D eigenvalue weighted by Gasteiger charge is -2.37. The Balaban J connectivity index is 1.58. The molecule has 0 spiro atoms. The summed E-state index contributed by atoms with van der Waals surface area (Å²) >= 11 is 0. The van der Waals surface area contributed by atoms with Crippen LogP contribution < -0.4 is 4.90 Å². The van der Waals surface area contributed by atoms with Crippen LogP contribution in [0.1, 0.15) is 5.82 Å². The van der Waals surface area contributed by atoms with Crippen molar-refractivity contribution < 1.29 is 14.2 Å². The molecule has 2 fully saturated rings. The van der Waals surface area contributed by atoms with Gasteiger partial charge in [0.15, 0.2) is 5.82 Å². The van der Waals surface area contributed by atoms with Crippen LogP contribution >= 0.6 is 0 Å². The van der Waals surface area contributed by atoms with E-state index in [2.05, 4.69) is 19.8 Å². The molecule has 1 unspecified atom stereocenters. The highest BCUT2D eigenvalue weighted by atomic mass is 16.5. The lowest BCUT2D eigenvalue weighted by atomic mass is 10.2. The third-order valence-electron chi connectivity index (χ3n) is 3.99. The Bertz CT molecular complexity index is 468. The van der Waals surface area contributed by atoms with Gasteiger partial charge in [-0.3, -0.25) is 4.90 Å². The topological polar surface area (TPSA) is 60.0 Å². The van der Waals surface area contributed by atoms with Crippen molar-refractivity contribution in [1.82, 2.24) is 14.9 Å². The normalized spacial score (nSPS) is 23.7. The maximum absolute atomic E-state index is 5.92. The van der Waals surface area contributed by atoms with Crippen molar-refractivity contribution in [2.45, 2.75) is 12.7 Å². The highest BCUT2D eigenvalue weighted by Gasteiger charge is 2.24. The molecule has 122 valence electrons. The van der Waals surface area contributed by atoms with Crippen molar-refractivity contribution in [2.75, 3.05) is 64.6 Å². The molecule has 0 N–H and O–H groups in total. The molecule has 0 radical (unpaired) electrons. The number of rotatable bonds is 5. The lowest BCUT2D eigenvalue weighted by Crippen LogP contribution is -2.50. The van der Waals surface area contributed by atoms with Crippen molar-refractivity contribution in [3.05, 3.63) is 18.1 Å². The van der Waals surface area contributed by atoms with E-state index in [0.717, 1.165) is 64.2 Å². The maximum atomic E-state index is 5.92. The highest BCUT2D eigenvalue weighted by molar-refractivity contribution is 5.38. The smallest absolute Gasteiger partial charge is 0.156 e. The van der Waals surface area contributed by atoms with E-state index in [1.807, 2.05) is 6.07 Å². The Morgan fingerprint density at radius 3 is 2.95 bits per heavy atom. The van der Waals surface area contributed by atoms with Gasteiger partial charge in [-0.15, -0.1) is 0 Å². The Labute approximate surface area is 131 Å². The van der Waals surface area contributed by atoms with Gasteiger partial charge in [0.05, 0.1) is 25.9 Å². The summed E-state index contributed by atoms with van der Waals surface area (Å²) in [5, 5.41) is 0. The summed E-state index contributed by atoms with van der Waals surface area (Å²) in [7, 11) is 1.66. The molecule has 0 aromatic carbocycles. The van der Waals surface area contributed by atoms with E-state index in [-0.39, 0.29) is 6.10 Å². The van der Waals surface area contributed by atoms with Gasteiger partial charge in [-0.05, 0) is 6.07 Å². The summed E-state index contributed by atoms with van der Waals surface area (Å²) in [5.74, 6) is 1.67. The number of methoxy groups -OCH3 is 1. The van der Waals surface area contributed by atoms with Crippen molar-refractivity contribution in [1.29, 1.82) is 0 Å². The zero-order valence-electron chi connectivity index (χ0n) is 13.1. The highest BCUT2D eigenvalue weighted by Crippen LogP contribution is 2.16. The summed E-state index contributed by atoms with van der Waals surface area (Å²) in [5.41, 5.74) is 0. The van der Waals surface area contributed by atoms with E-state index >= 15 is 0 Å². The van der Waals surface area contributed by atoms with Crippen LogP contribution in [0, 0.1) is 0 Å². The van der Waals surface area contributed by atoms with Gasteiger partial charge in [-0.25, -0.2) is 9.97 Å². The van der Waals surface area contributed by atoms with Crippen LogP contribution in [-0.4, -0.2) is 80.6 Å². The minimum atomic E-state index is 0.215. The average Bonchev–Trinajstić information content (AvgIpc) is 2.57. The molecule has 1 atom stereocenters. The fourth-order valence-corrected chi connectivity index (χ4v) is 2.87. The van der Waals surface area contributed by atoms with Crippen molar-refractivity contribution >= 4 is 5.82 Å². The molecule has 7 heteroatoms. The predicted octanol–water partition coefficient (Wildman–Crippen LogP) is 0.160. The van der Waals surface area contributed by atoms with Crippen LogP contribution in [0.5, 0.6) is 0 Å². The quantitative estimate of drug-likeness (QED) is 0.768. The van der Waals surface area contributed by atoms with E-state index in [1.165, 1.54) is 0 Å². The molecule has 7 nitrogen and oxygen atoms in total. The van der Waals surface area contributed by atoms with E-state index in [1.54, 1.807) is 13.3 Å². The maximum Gasteiger partial charge on any atom is 0.156 e. The van der Waals surface area contributed by atoms with Crippen molar-refractivity contribution in [3.8, 4) is 0 Å². The van der Waals surface area contributed by atoms with Gasteiger partial charge in [0.1, 0.15) is 12.4 Å². The molecule has 0 aliphatic carbocycles. The minimum absolute atomic E-state index is 0.215. The molecule has 2 aliphatic rings. The Morgan fingerprint density at radius 1 is 1.27 bits per heavy atom. The fraction of sp³-hybridized carbons (Fsp3) is 0.733. The Morgan fingerprint density at radius 2 is 2.14 bits per heavy atom. The van der Waals surface area contributed by atoms with Gasteiger partial charge < -0.3 is 19.1 Å². The second-order valence-corrected chi connectivity index (χ2v) is 5.62. The molecule has 3 rings (SSSR count). The van der Waals surface area contributed by atoms with Crippen LogP contribution in [0.4, 0.5) is 5.82 Å². The number of aromatic nitrogens is 2. The Kier molecular flexibility index (Phi) is 5.55. The zero-order valence-corrected chi connectivity index (χ0v) is 13.1. The van der Waals surface area contributed by atoms with E-state index in [0.29, 0.717) is 6.61 Å². The molecule has 3 heterocycles. The predicted molar refractivity (Wildman–Crippen MR) is 82.0 cm³/mol. The number of morpholine rings is 2. The summed E-state index contributed by atoms with van der Waals surface area (Å²) in [4.78, 5) is 13.5. The van der Waals surface area contributed by atoms with Gasteiger partial charge in [-0.2, -0.15) is 0 Å². The van der Waals surface area contributed by atoms with Gasteiger partial charge in [0, 0.05) is 46.0 Å². The van der Waals surface area contributed by atoms with Crippen LogP contribution in [0.3, 0.4) is 0 Å². The standard InChI is InChI=1S/C15H24N4O3/c1-20-12-14-16-3-2-15(17-14)19-6-9-22-13(11-19)10-18-4-7-21-8-5-18/h2-3,13H,4-12H2,1H3. The largest absolute Gasteiger partial charge is 0.379 e. The van der Waals surface area contributed by atoms with Gasteiger partial charge >= 0.3 is 0 Å². The van der Waals surface area contributed by atoms with Crippen LogP contribution in [0.2, 0.25) is 0 Å². The molecule has 22 heavy (non-hydrogen) atoms. The first-order valence-corrected chi connectivity index (χ1v) is 7.82. The van der Waals surface area contributed by atoms with Crippen molar-refractivity contribution in [2.24, 2.45) is 0 Å². The van der Waals surface area contributed by atoms with Gasteiger partial charge in [-0.1, -0.05) is 0 Å². The van der Waals surface area contributed by atoms with Crippen molar-refractivity contribution in [3.63, 3.8) is 0 Å². The monoisotopic (exact) mass is 308 g/mol. The summed E-state index contributed by atoms with van der Waals surface area (Å²) in [6.07, 6.45) is 2.01. The molecule has 0 saturated carbocycles. The molecule has 1 aromatic rings. The van der Waals surface area contributed by atoms with E-state index in [9.17, 15) is 0 Å². The molecule has 2 aliphatic heterocycles. The third kappa shape index (κ3) is 4.13. The number of hydrogen-bond acceptors (Lipinski definition) is 7. The van der Waals surface area contributed by atoms with Gasteiger partial charge in [0.25, 0.3) is 0 Å². The summed E-state index contributed by atoms with van der Waals surface area (Å²) in [6.45, 7) is 7.48. The summed E-state index contributed by atoms with van der Waals surface area (Å²) < 4.78 is 16.4. The average molecular weight is 308 g/mol. The van der Waals surface area contributed by atoms with Crippen LogP contribution in [-0.2, 0) is 20.8 Å². The number of hydrogen-bond donors (Lipinski definition) is 0. The van der Waals surface area contributed by atoms with Crippen LogP contribution in [0.15, 0.2) is 12.3 Å². The SMILES string of the molecule is COCc1nccc(N2CCOC(CN3CCOCC3)C2)n1. The number of nitrogens with zero attached hydrogens (tertiary/aromatic N) is 4. The first-order valence-electron chi connectivity index (χ1n) is 7.82. The summed E-state index contributed by atoms with van der Waals surface area (Å²) in [6, 6.07) is 1.95. The second-order valence-electron chi connectivity index (χ2n) is 5.62. The Hall–Kier alpha value is -1.28. The first kappa shape index (κ1) is 15.6. The molecule has 1 aromatic heterocycles. The van der Waals surface area contributed by atoms with E-state index in [4.69, 9.17) is 14.2 Å². The number of anilines is 1. The molecule has 0 amide bonds. The number of ether oxygens (including phenoxy) is 3. The van der Waals surface area contributed by atoms with Crippen LogP contribution in [0.25, 0.3) is 0 Å². The fourth-order valence-electron chi connectivity index (χ4n) is 2.87. The van der Waals surface area contributed by atoms with E-state index < -0.39 is 0 Å². The second kappa shape index (κ2) is 7.82. The molecule has 2 saturated heterocycles. The minimum Gasteiger partial charge on any atom is -0.379 e. The zero-order chi connectivity index (χ0) is 15.2. The first-order chi connectivity index (χ1) is 10.8. The molecular weight excluding hydrogens is 284 g/mol. The lowest BCUT2D eigenvalue weighted by molar-refractivity contribution is -0.0172. The molecular formula is C15H24N4O3.